The van der Waals surface area contributed by atoms with E-state index in [9.17, 15) is 24.7 Å². The summed E-state index contributed by atoms with van der Waals surface area (Å²) in [6.45, 7) is 0.785. The van der Waals surface area contributed by atoms with Gasteiger partial charge in [-0.25, -0.2) is 4.98 Å². The number of hydrogen-bond acceptors (Lipinski definition) is 13. The Labute approximate surface area is 257 Å². The van der Waals surface area contributed by atoms with Crippen LogP contribution < -0.4 is 21.9 Å². The standard InChI is InChI=1S/C24H26ClN7O5S4/c25-18-15(30-22(27)41-18)16(31-37)19(33)29-14-7-24(14)21(36)32(23(24)2-3-23)17(20(34)35)13(9-38)40-12-1-5-28-8-11(12)10-39-6-4-26/h1,5,8,14,37-38H,2-4,6-7,9-10,26H2,(H2,27,30)(H,29,33)(H,34,35)/b17-13+,31-16-/t14-,24?/m1/s1. The average Bonchev–Trinajstić information content (AvgIpc) is 3.86. The molecule has 3 fully saturated rings. The number of carboxylic acids is 1. The van der Waals surface area contributed by atoms with E-state index in [-0.39, 0.29) is 26.6 Å². The van der Waals surface area contributed by atoms with E-state index in [1.807, 2.05) is 6.07 Å². The molecule has 0 bridgehead atoms. The molecule has 218 valence electrons. The van der Waals surface area contributed by atoms with Crippen LogP contribution in [0.3, 0.4) is 0 Å². The number of anilines is 1. The number of aromatic nitrogens is 2. The number of hydrogen-bond donors (Lipinski definition) is 5. The minimum absolute atomic E-state index is 0.0653. The van der Waals surface area contributed by atoms with Gasteiger partial charge in [-0.2, -0.15) is 24.4 Å². The molecule has 0 aromatic carbocycles. The molecule has 2 amide bonds. The number of oxime groups is 1. The number of amides is 2. The lowest BCUT2D eigenvalue weighted by molar-refractivity contribution is -0.360. The quantitative estimate of drug-likeness (QED) is 0.0311. The average molecular weight is 656 g/mol. The molecular formula is C24H26ClN7O5S4. The zero-order valence-electron chi connectivity index (χ0n) is 21.5. The summed E-state index contributed by atoms with van der Waals surface area (Å²) in [5, 5.41) is 27.9. The van der Waals surface area contributed by atoms with E-state index in [1.165, 1.54) is 16.7 Å². The third-order valence-corrected chi connectivity index (χ3v) is 11.3. The summed E-state index contributed by atoms with van der Waals surface area (Å²) in [7, 11) is 0. The van der Waals surface area contributed by atoms with Crippen LogP contribution in [0.15, 0.2) is 39.1 Å². The lowest BCUT2D eigenvalue weighted by atomic mass is 9.79. The first-order valence-electron chi connectivity index (χ1n) is 12.5. The number of nitrogens with one attached hydrogen (secondary N) is 1. The van der Waals surface area contributed by atoms with Crippen LogP contribution in [0.25, 0.3) is 0 Å². The van der Waals surface area contributed by atoms with Crippen LogP contribution >= 0.6 is 59.1 Å². The highest BCUT2D eigenvalue weighted by molar-refractivity contribution is 8.04. The number of thiazole rings is 1. The molecular weight excluding hydrogens is 630 g/mol. The molecule has 2 atom stereocenters. The highest BCUT2D eigenvalue weighted by Crippen LogP contribution is 2.75. The number of rotatable bonds is 12. The van der Waals surface area contributed by atoms with E-state index in [2.05, 4.69) is 38.8 Å². The van der Waals surface area contributed by atoms with E-state index in [0.29, 0.717) is 29.9 Å². The number of carbonyl (C=O) groups excluding carboxylic acids is 3. The molecule has 5 rings (SSSR count). The van der Waals surface area contributed by atoms with Crippen LogP contribution in [0.4, 0.5) is 5.13 Å². The number of thiol groups is 1. The van der Waals surface area contributed by atoms with Crippen LogP contribution in [0.2, 0.25) is 4.34 Å². The molecule has 17 heteroatoms. The summed E-state index contributed by atoms with van der Waals surface area (Å²) in [6.07, 6.45) is 4.84. The zero-order valence-corrected chi connectivity index (χ0v) is 25.6. The molecule has 1 aliphatic heterocycles. The minimum Gasteiger partial charge on any atom is -0.543 e. The number of nitrogens with two attached hydrogens (primary N) is 1. The highest BCUT2D eigenvalue weighted by atomic mass is 35.5. The van der Waals surface area contributed by atoms with Crippen molar-refractivity contribution in [3.8, 4) is 0 Å². The van der Waals surface area contributed by atoms with Crippen molar-refractivity contribution in [2.75, 3.05) is 23.8 Å². The predicted octanol–water partition coefficient (Wildman–Crippen LogP) is 0.360. The van der Waals surface area contributed by atoms with Gasteiger partial charge in [0.05, 0.1) is 29.2 Å². The summed E-state index contributed by atoms with van der Waals surface area (Å²) in [5.41, 5.74) is 8.04. The first-order chi connectivity index (χ1) is 19.6. The van der Waals surface area contributed by atoms with E-state index >= 15 is 0 Å². The van der Waals surface area contributed by atoms with E-state index in [0.717, 1.165) is 34.1 Å². The topological polar surface area (TPSA) is 202 Å². The lowest BCUT2D eigenvalue weighted by Gasteiger charge is -2.51. The molecule has 41 heavy (non-hydrogen) atoms. The molecule has 0 radical (unpaired) electrons. The monoisotopic (exact) mass is 655 g/mol. The fraction of sp³-hybridized carbons (Fsp3) is 0.417. The van der Waals surface area contributed by atoms with E-state index in [1.54, 1.807) is 24.2 Å². The Balaban J connectivity index is 1.37. The van der Waals surface area contributed by atoms with Crippen molar-refractivity contribution in [3.63, 3.8) is 0 Å². The van der Waals surface area contributed by atoms with Gasteiger partial charge in [-0.15, -0.1) is 0 Å². The number of nitrogen functional groups attached to an aromatic ring is 1. The molecule has 12 nitrogen and oxygen atoms in total. The smallest absolute Gasteiger partial charge is 0.275 e. The number of likely N-dealkylation sites (tertiary alicyclic amines) is 1. The maximum atomic E-state index is 13.7. The van der Waals surface area contributed by atoms with Crippen LogP contribution in [-0.4, -0.2) is 73.2 Å². The number of carbonyl (C=O) groups is 3. The van der Waals surface area contributed by atoms with Gasteiger partial charge >= 0.3 is 0 Å². The Morgan fingerprint density at radius 2 is 2.20 bits per heavy atom. The zero-order chi connectivity index (χ0) is 29.5. The Morgan fingerprint density at radius 1 is 1.44 bits per heavy atom. The number of aliphatic carboxylic acids is 1. The molecule has 2 aliphatic carbocycles. The number of β-lactam (4-membered cyclic amide) rings is 1. The SMILES string of the molecule is Nc1nc(/C(=N/O)C(=O)N[C@@H]2CC23C(=O)N(/C(C(=O)[O-])=C(\CS)Sc2ccncc2CSCC[NH3+])C32CC2)c(Cl)s1. The molecule has 2 aromatic rings. The van der Waals surface area contributed by atoms with Crippen LogP contribution in [0.5, 0.6) is 0 Å². The van der Waals surface area contributed by atoms with Crippen molar-refractivity contribution >= 4 is 87.7 Å². The molecule has 3 heterocycles. The van der Waals surface area contributed by atoms with Gasteiger partial charge in [0.25, 0.3) is 5.91 Å². The molecule has 1 saturated heterocycles. The second-order valence-corrected chi connectivity index (χ2v) is 13.9. The second kappa shape index (κ2) is 11.6. The molecule has 2 saturated carbocycles. The fourth-order valence-corrected chi connectivity index (χ4v) is 8.59. The number of carboxylic acid groups (broad SMARTS) is 1. The first kappa shape index (κ1) is 30.0. The van der Waals surface area contributed by atoms with E-state index in [4.69, 9.17) is 17.3 Å². The number of halogens is 1. The normalized spacial score (nSPS) is 22.9. The predicted molar refractivity (Wildman–Crippen MR) is 158 cm³/mol. The summed E-state index contributed by atoms with van der Waals surface area (Å²) >= 11 is 14.3. The Kier molecular flexibility index (Phi) is 8.51. The summed E-state index contributed by atoms with van der Waals surface area (Å²) in [4.78, 5) is 49.8. The number of pyridine rings is 1. The summed E-state index contributed by atoms with van der Waals surface area (Å²) in [5.74, 6) is -1.01. The van der Waals surface area contributed by atoms with Gasteiger partial charge in [-0.1, -0.05) is 39.9 Å². The fourth-order valence-electron chi connectivity index (χ4n) is 5.45. The Bertz CT molecular complexity index is 1480. The number of quaternary nitrogens is 1. The summed E-state index contributed by atoms with van der Waals surface area (Å²) < 4.78 is 0.0827. The largest absolute Gasteiger partial charge is 0.543 e. The van der Waals surface area contributed by atoms with Crippen LogP contribution in [0, 0.1) is 5.41 Å². The van der Waals surface area contributed by atoms with Crippen molar-refractivity contribution in [2.24, 2.45) is 10.6 Å². The van der Waals surface area contributed by atoms with Crippen LogP contribution in [0.1, 0.15) is 30.5 Å². The Hall–Kier alpha value is -2.50. The van der Waals surface area contributed by atoms with Gasteiger partial charge in [-0.3, -0.25) is 14.6 Å². The van der Waals surface area contributed by atoms with Crippen molar-refractivity contribution in [1.82, 2.24) is 20.2 Å². The lowest BCUT2D eigenvalue weighted by Crippen LogP contribution is -2.68. The number of thioether (sulfide) groups is 2. The highest BCUT2D eigenvalue weighted by Gasteiger charge is 2.87. The van der Waals surface area contributed by atoms with Gasteiger partial charge in [0, 0.05) is 45.5 Å². The van der Waals surface area contributed by atoms with Gasteiger partial charge in [0.15, 0.2) is 10.8 Å². The van der Waals surface area contributed by atoms with Gasteiger partial charge < -0.3 is 36.8 Å². The van der Waals surface area contributed by atoms with Gasteiger partial charge in [0.1, 0.15) is 10.0 Å². The third-order valence-electron chi connectivity index (χ3n) is 7.44. The summed E-state index contributed by atoms with van der Waals surface area (Å²) in [6, 6.07) is 1.22. The van der Waals surface area contributed by atoms with Gasteiger partial charge in [0.2, 0.25) is 5.91 Å². The molecule has 2 spiro atoms. The third kappa shape index (κ3) is 5.07. The van der Waals surface area contributed by atoms with Crippen molar-refractivity contribution in [3.05, 3.63) is 44.7 Å². The van der Waals surface area contributed by atoms with Gasteiger partial charge in [-0.05, 0) is 30.9 Å². The molecule has 3 aliphatic rings. The number of nitrogens with zero attached hydrogens (tertiary/aromatic N) is 4. The van der Waals surface area contributed by atoms with Crippen molar-refractivity contribution < 1.29 is 30.4 Å². The molecule has 1 unspecified atom stereocenters. The van der Waals surface area contributed by atoms with Crippen molar-refractivity contribution in [2.45, 2.75) is 41.5 Å². The van der Waals surface area contributed by atoms with Crippen molar-refractivity contribution in [1.29, 1.82) is 0 Å². The van der Waals surface area contributed by atoms with E-state index < -0.39 is 40.5 Å². The molecule has 2 aromatic heterocycles. The maximum absolute atomic E-state index is 13.7. The maximum Gasteiger partial charge on any atom is 0.275 e. The first-order valence-corrected chi connectivity index (χ1v) is 16.3. The minimum atomic E-state index is -1.47. The second-order valence-electron chi connectivity index (χ2n) is 9.71. The Morgan fingerprint density at radius 3 is 2.78 bits per heavy atom. The number of fused-ring (bicyclic) bond motifs is 1. The molecule has 7 N–H and O–H groups in total. The van der Waals surface area contributed by atoms with Crippen LogP contribution in [-0.2, 0) is 20.1 Å².